The van der Waals surface area contributed by atoms with Crippen LogP contribution in [0.3, 0.4) is 0 Å². The molecule has 0 saturated heterocycles. The molecule has 8 nitrogen and oxygen atoms in total. The topological polar surface area (TPSA) is 129 Å². The molecule has 5 N–H and O–H groups in total. The van der Waals surface area contributed by atoms with E-state index in [0.29, 0.717) is 29.1 Å². The fourth-order valence-electron chi connectivity index (χ4n) is 5.21. The second-order valence-electron chi connectivity index (χ2n) is 10.3. The molecule has 2 heterocycles. The van der Waals surface area contributed by atoms with E-state index in [0.717, 1.165) is 43.4 Å². The molecular formula is C27H28F4N6O2S. The van der Waals surface area contributed by atoms with Crippen LogP contribution in [0.1, 0.15) is 57.1 Å². The van der Waals surface area contributed by atoms with Gasteiger partial charge in [-0.05, 0) is 69.2 Å². The summed E-state index contributed by atoms with van der Waals surface area (Å²) in [6.45, 7) is 3.80. The van der Waals surface area contributed by atoms with E-state index in [1.807, 2.05) is 18.6 Å². The second-order valence-corrected chi connectivity index (χ2v) is 12.0. The third-order valence-electron chi connectivity index (χ3n) is 7.22. The molecular weight excluding hydrogens is 548 g/mol. The number of nitrogens with one attached hydrogen (secondary N) is 1. The summed E-state index contributed by atoms with van der Waals surface area (Å²) in [4.78, 5) is 3.43. The smallest absolute Gasteiger partial charge is 0.264 e. The Kier molecular flexibility index (Phi) is 7.21. The molecule has 0 amide bonds. The minimum Gasteiger partial charge on any atom is -0.383 e. The van der Waals surface area contributed by atoms with Crippen LogP contribution < -0.4 is 16.2 Å². The van der Waals surface area contributed by atoms with Crippen molar-refractivity contribution in [3.63, 3.8) is 0 Å². The van der Waals surface area contributed by atoms with Crippen LogP contribution in [0.2, 0.25) is 0 Å². The Bertz CT molecular complexity index is 1720. The van der Waals surface area contributed by atoms with Crippen LogP contribution in [-0.2, 0) is 10.0 Å². The monoisotopic (exact) mass is 576 g/mol. The minimum absolute atomic E-state index is 0.0541. The van der Waals surface area contributed by atoms with Gasteiger partial charge in [0.05, 0.1) is 16.6 Å². The Hall–Kier alpha value is -3.71. The summed E-state index contributed by atoms with van der Waals surface area (Å²) < 4.78 is 87.0. The molecule has 0 radical (unpaired) electrons. The van der Waals surface area contributed by atoms with Gasteiger partial charge in [-0.3, -0.25) is 9.40 Å². The highest BCUT2D eigenvalue weighted by Gasteiger charge is 2.29. The van der Waals surface area contributed by atoms with Gasteiger partial charge < -0.3 is 11.5 Å². The Morgan fingerprint density at radius 3 is 2.35 bits per heavy atom. The predicted molar refractivity (Wildman–Crippen MR) is 144 cm³/mol. The van der Waals surface area contributed by atoms with Crippen LogP contribution >= 0.6 is 0 Å². The minimum atomic E-state index is -4.71. The van der Waals surface area contributed by atoms with Gasteiger partial charge in [0.1, 0.15) is 39.7 Å². The molecule has 212 valence electrons. The van der Waals surface area contributed by atoms with Crippen molar-refractivity contribution >= 4 is 32.4 Å². The first-order valence-corrected chi connectivity index (χ1v) is 14.2. The van der Waals surface area contributed by atoms with Crippen molar-refractivity contribution in [3.8, 4) is 11.3 Å². The molecule has 5 rings (SSSR count). The van der Waals surface area contributed by atoms with Crippen molar-refractivity contribution < 1.29 is 26.0 Å². The summed E-state index contributed by atoms with van der Waals surface area (Å²) in [5.41, 5.74) is 13.0. The molecule has 2 aromatic carbocycles. The van der Waals surface area contributed by atoms with Gasteiger partial charge in [-0.15, -0.1) is 0 Å². The van der Waals surface area contributed by atoms with E-state index in [2.05, 4.69) is 10.1 Å². The fourth-order valence-corrected chi connectivity index (χ4v) is 6.33. The lowest BCUT2D eigenvalue weighted by atomic mass is 9.82. The van der Waals surface area contributed by atoms with Crippen molar-refractivity contribution in [2.75, 3.05) is 10.5 Å². The Balaban J connectivity index is 1.61. The number of benzene rings is 2. The lowest BCUT2D eigenvalue weighted by Crippen LogP contribution is -2.26. The van der Waals surface area contributed by atoms with Gasteiger partial charge >= 0.3 is 0 Å². The third kappa shape index (κ3) is 4.99. The van der Waals surface area contributed by atoms with Crippen LogP contribution in [0, 0.1) is 23.3 Å². The van der Waals surface area contributed by atoms with E-state index in [1.54, 1.807) is 10.9 Å². The van der Waals surface area contributed by atoms with Crippen molar-refractivity contribution in [2.24, 2.45) is 5.73 Å². The number of anilines is 2. The van der Waals surface area contributed by atoms with Gasteiger partial charge in [-0.1, -0.05) is 0 Å². The largest absolute Gasteiger partial charge is 0.383 e. The number of rotatable bonds is 6. The molecule has 40 heavy (non-hydrogen) atoms. The molecule has 0 aliphatic heterocycles. The van der Waals surface area contributed by atoms with Gasteiger partial charge in [0, 0.05) is 36.0 Å². The molecule has 13 heteroatoms. The maximum atomic E-state index is 15.5. The zero-order chi connectivity index (χ0) is 28.9. The summed E-state index contributed by atoms with van der Waals surface area (Å²) in [6.07, 6.45) is 5.07. The number of halogens is 4. The maximum absolute atomic E-state index is 15.5. The van der Waals surface area contributed by atoms with Gasteiger partial charge in [-0.25, -0.2) is 31.0 Å². The summed E-state index contributed by atoms with van der Waals surface area (Å²) in [6, 6.07) is 3.21. The van der Waals surface area contributed by atoms with E-state index >= 15 is 8.78 Å². The van der Waals surface area contributed by atoms with E-state index < -0.39 is 43.9 Å². The zero-order valence-corrected chi connectivity index (χ0v) is 22.6. The summed E-state index contributed by atoms with van der Waals surface area (Å²) in [5.74, 6) is -4.28. The summed E-state index contributed by atoms with van der Waals surface area (Å²) >= 11 is 0. The highest BCUT2D eigenvalue weighted by Crippen LogP contribution is 2.42. The van der Waals surface area contributed by atoms with Crippen LogP contribution in [-0.4, -0.2) is 29.2 Å². The molecule has 0 atom stereocenters. The SMILES string of the molecule is CC(C)n1nc(-c2cc(F)c(NS(=O)(=O)c3ccc(F)cc3F)cc2F)c2c(N)ncc(C3CCC(N)CC3)c21. The number of nitrogens with zero attached hydrogens (tertiary/aromatic N) is 3. The van der Waals surface area contributed by atoms with Gasteiger partial charge in [0.15, 0.2) is 0 Å². The van der Waals surface area contributed by atoms with E-state index in [9.17, 15) is 17.2 Å². The molecule has 1 aliphatic rings. The van der Waals surface area contributed by atoms with E-state index in [-0.39, 0.29) is 35.1 Å². The first kappa shape index (κ1) is 27.8. The molecule has 2 aromatic heterocycles. The molecule has 0 unspecified atom stereocenters. The first-order chi connectivity index (χ1) is 18.9. The molecule has 0 bridgehead atoms. The lowest BCUT2D eigenvalue weighted by molar-refractivity contribution is 0.395. The number of nitrogens with two attached hydrogens (primary N) is 2. The highest BCUT2D eigenvalue weighted by atomic mass is 32.2. The number of nitrogen functional groups attached to an aromatic ring is 1. The highest BCUT2D eigenvalue weighted by molar-refractivity contribution is 7.92. The molecule has 1 fully saturated rings. The van der Waals surface area contributed by atoms with Gasteiger partial charge in [0.2, 0.25) is 0 Å². The number of hydrogen-bond donors (Lipinski definition) is 3. The van der Waals surface area contributed by atoms with Crippen molar-refractivity contribution in [2.45, 2.75) is 62.4 Å². The van der Waals surface area contributed by atoms with Crippen LogP contribution in [0.15, 0.2) is 41.4 Å². The Morgan fingerprint density at radius 1 is 1.00 bits per heavy atom. The quantitative estimate of drug-likeness (QED) is 0.256. The third-order valence-corrected chi connectivity index (χ3v) is 8.62. The lowest BCUT2D eigenvalue weighted by Gasteiger charge is -2.27. The zero-order valence-electron chi connectivity index (χ0n) is 21.8. The van der Waals surface area contributed by atoms with E-state index in [1.165, 1.54) is 0 Å². The van der Waals surface area contributed by atoms with Crippen molar-refractivity contribution in [1.82, 2.24) is 14.8 Å². The molecule has 1 saturated carbocycles. The summed E-state index contributed by atoms with van der Waals surface area (Å²) in [5, 5.41) is 4.97. The Labute approximate surface area is 228 Å². The van der Waals surface area contributed by atoms with Crippen molar-refractivity contribution in [3.05, 3.63) is 65.4 Å². The number of sulfonamides is 1. The number of fused-ring (bicyclic) bond motifs is 1. The van der Waals surface area contributed by atoms with E-state index in [4.69, 9.17) is 11.5 Å². The van der Waals surface area contributed by atoms with Crippen LogP contribution in [0.5, 0.6) is 0 Å². The number of hydrogen-bond acceptors (Lipinski definition) is 6. The van der Waals surface area contributed by atoms with Crippen LogP contribution in [0.4, 0.5) is 29.1 Å². The molecule has 4 aromatic rings. The maximum Gasteiger partial charge on any atom is 0.264 e. The average molecular weight is 577 g/mol. The number of pyridine rings is 1. The normalized spacial score (nSPS) is 18.0. The van der Waals surface area contributed by atoms with Gasteiger partial charge in [0.25, 0.3) is 10.0 Å². The predicted octanol–water partition coefficient (Wildman–Crippen LogP) is 5.60. The molecule has 0 spiro atoms. The standard InChI is InChI=1S/C27H28F4N6O2S/c1-13(2)37-26-18(14-3-6-16(32)7-4-14)12-34-27(33)24(26)25(35-37)17-10-20(30)22(11-19(17)29)36-40(38,39)23-8-5-15(28)9-21(23)31/h5,8-14,16,36H,3-4,6-7,32H2,1-2H3,(H2,33,34). The Morgan fingerprint density at radius 2 is 1.70 bits per heavy atom. The first-order valence-electron chi connectivity index (χ1n) is 12.8. The van der Waals surface area contributed by atoms with Gasteiger partial charge in [-0.2, -0.15) is 5.10 Å². The average Bonchev–Trinajstić information content (AvgIpc) is 3.28. The van der Waals surface area contributed by atoms with Crippen LogP contribution in [0.25, 0.3) is 22.2 Å². The van der Waals surface area contributed by atoms with Crippen molar-refractivity contribution in [1.29, 1.82) is 0 Å². The number of aromatic nitrogens is 3. The second kappa shape index (κ2) is 10.4. The fraction of sp³-hybridized carbons (Fsp3) is 0.333. The summed E-state index contributed by atoms with van der Waals surface area (Å²) in [7, 11) is -4.71. The molecule has 1 aliphatic carbocycles.